The molecule has 0 aliphatic carbocycles. The van der Waals surface area contributed by atoms with Crippen LogP contribution in [0, 0.1) is 0 Å². The topological polar surface area (TPSA) is 81.2 Å². The summed E-state index contributed by atoms with van der Waals surface area (Å²) in [5, 5.41) is 4.22. The van der Waals surface area contributed by atoms with Gasteiger partial charge in [-0.1, -0.05) is 0 Å². The van der Waals surface area contributed by atoms with Gasteiger partial charge in [0.15, 0.2) is 0 Å². The van der Waals surface area contributed by atoms with E-state index in [4.69, 9.17) is 5.73 Å². The minimum absolute atomic E-state index is 0.0191. The van der Waals surface area contributed by atoms with Crippen molar-refractivity contribution in [3.05, 3.63) is 40.3 Å². The molecular formula is C15H18N4O2S. The highest BCUT2D eigenvalue weighted by Gasteiger charge is 2.28. The molecule has 0 aromatic carbocycles. The third-order valence-corrected chi connectivity index (χ3v) is 4.99. The second-order valence-corrected chi connectivity index (χ2v) is 6.49. The van der Waals surface area contributed by atoms with E-state index in [1.807, 2.05) is 21.8 Å². The number of amides is 2. The number of rotatable bonds is 4. The van der Waals surface area contributed by atoms with Crippen molar-refractivity contribution in [3.63, 3.8) is 0 Å². The second kappa shape index (κ2) is 6.31. The predicted octanol–water partition coefficient (Wildman–Crippen LogP) is 1.74. The Hall–Kier alpha value is -2.15. The molecule has 0 spiro atoms. The minimum Gasteiger partial charge on any atom is -0.365 e. The average Bonchev–Trinajstić information content (AvgIpc) is 3.18. The summed E-state index contributed by atoms with van der Waals surface area (Å²) in [5.41, 5.74) is 5.26. The highest BCUT2D eigenvalue weighted by molar-refractivity contribution is 7.15. The van der Waals surface area contributed by atoms with E-state index in [2.05, 4.69) is 5.10 Å². The summed E-state index contributed by atoms with van der Waals surface area (Å²) in [7, 11) is 0. The first-order valence-corrected chi connectivity index (χ1v) is 8.15. The third-order valence-electron chi connectivity index (χ3n) is 3.90. The van der Waals surface area contributed by atoms with Crippen molar-refractivity contribution in [2.24, 2.45) is 5.73 Å². The van der Waals surface area contributed by atoms with Crippen LogP contribution in [-0.2, 0) is 6.54 Å². The Labute approximate surface area is 132 Å². The van der Waals surface area contributed by atoms with Crippen LogP contribution in [0.1, 0.15) is 38.6 Å². The Morgan fingerprint density at radius 3 is 2.82 bits per heavy atom. The Bertz CT molecular complexity index is 665. The molecule has 6 nitrogen and oxygen atoms in total. The first-order valence-electron chi connectivity index (χ1n) is 7.33. The van der Waals surface area contributed by atoms with Gasteiger partial charge in [-0.15, -0.1) is 11.3 Å². The van der Waals surface area contributed by atoms with Crippen LogP contribution < -0.4 is 5.73 Å². The fourth-order valence-corrected chi connectivity index (χ4v) is 3.62. The minimum atomic E-state index is -0.490. The molecule has 1 aliphatic heterocycles. The summed E-state index contributed by atoms with van der Waals surface area (Å²) in [6.45, 7) is 1.45. The van der Waals surface area contributed by atoms with Gasteiger partial charge in [-0.05, 0) is 37.5 Å². The predicted molar refractivity (Wildman–Crippen MR) is 83.7 cm³/mol. The van der Waals surface area contributed by atoms with E-state index in [-0.39, 0.29) is 11.9 Å². The Kier molecular flexibility index (Phi) is 4.24. The first-order chi connectivity index (χ1) is 10.6. The molecule has 2 aromatic heterocycles. The normalized spacial score (nSPS) is 18.4. The Balaban J connectivity index is 1.77. The van der Waals surface area contributed by atoms with Gasteiger partial charge in [0.2, 0.25) is 0 Å². The maximum Gasteiger partial charge on any atom is 0.264 e. The van der Waals surface area contributed by atoms with E-state index < -0.39 is 5.91 Å². The molecule has 2 N–H and O–H groups in total. The zero-order valence-electron chi connectivity index (χ0n) is 12.1. The van der Waals surface area contributed by atoms with Crippen molar-refractivity contribution in [3.8, 4) is 0 Å². The van der Waals surface area contributed by atoms with Crippen LogP contribution in [0.25, 0.3) is 0 Å². The van der Waals surface area contributed by atoms with E-state index in [0.29, 0.717) is 16.3 Å². The van der Waals surface area contributed by atoms with Gasteiger partial charge >= 0.3 is 0 Å². The van der Waals surface area contributed by atoms with Gasteiger partial charge in [-0.25, -0.2) is 0 Å². The molecule has 116 valence electrons. The maximum atomic E-state index is 12.7. The first kappa shape index (κ1) is 14.8. The number of nitrogens with two attached hydrogens (primary N) is 1. The molecule has 1 unspecified atom stereocenters. The molecule has 3 rings (SSSR count). The number of hydrogen-bond acceptors (Lipinski definition) is 4. The van der Waals surface area contributed by atoms with Crippen LogP contribution in [-0.4, -0.2) is 39.1 Å². The molecule has 0 bridgehead atoms. The smallest absolute Gasteiger partial charge is 0.264 e. The number of primary amides is 1. The SMILES string of the molecule is NC(=O)c1ccc(C(=O)N2CCCCC2Cn2cccn2)s1. The highest BCUT2D eigenvalue weighted by atomic mass is 32.1. The van der Waals surface area contributed by atoms with Gasteiger partial charge in [-0.3, -0.25) is 14.3 Å². The van der Waals surface area contributed by atoms with E-state index in [9.17, 15) is 9.59 Å². The number of hydrogen-bond donors (Lipinski definition) is 1. The van der Waals surface area contributed by atoms with Crippen LogP contribution in [0.5, 0.6) is 0 Å². The van der Waals surface area contributed by atoms with E-state index in [1.165, 1.54) is 0 Å². The van der Waals surface area contributed by atoms with Crippen LogP contribution in [0.3, 0.4) is 0 Å². The summed E-state index contributed by atoms with van der Waals surface area (Å²) in [6, 6.07) is 5.33. The lowest BCUT2D eigenvalue weighted by Gasteiger charge is -2.35. The van der Waals surface area contributed by atoms with Crippen molar-refractivity contribution in [1.29, 1.82) is 0 Å². The molecule has 0 radical (unpaired) electrons. The summed E-state index contributed by atoms with van der Waals surface area (Å²) < 4.78 is 1.86. The molecule has 7 heteroatoms. The molecule has 1 saturated heterocycles. The number of thiophene rings is 1. The highest BCUT2D eigenvalue weighted by Crippen LogP contribution is 2.24. The summed E-state index contributed by atoms with van der Waals surface area (Å²) >= 11 is 1.16. The monoisotopic (exact) mass is 318 g/mol. The second-order valence-electron chi connectivity index (χ2n) is 5.40. The van der Waals surface area contributed by atoms with Crippen LogP contribution in [0.4, 0.5) is 0 Å². The number of aromatic nitrogens is 2. The summed E-state index contributed by atoms with van der Waals surface area (Å²) in [6.07, 6.45) is 6.75. The summed E-state index contributed by atoms with van der Waals surface area (Å²) in [5.74, 6) is -0.509. The zero-order valence-corrected chi connectivity index (χ0v) is 13.0. The largest absolute Gasteiger partial charge is 0.365 e. The quantitative estimate of drug-likeness (QED) is 0.932. The lowest BCUT2D eigenvalue weighted by molar-refractivity contribution is 0.0589. The maximum absolute atomic E-state index is 12.7. The van der Waals surface area contributed by atoms with Gasteiger partial charge in [0.25, 0.3) is 11.8 Å². The number of carbonyl (C=O) groups excluding carboxylic acids is 2. The van der Waals surface area contributed by atoms with Gasteiger partial charge in [0.1, 0.15) is 0 Å². The van der Waals surface area contributed by atoms with Crippen LogP contribution >= 0.6 is 11.3 Å². The van der Waals surface area contributed by atoms with Crippen molar-refractivity contribution < 1.29 is 9.59 Å². The lowest BCUT2D eigenvalue weighted by Crippen LogP contribution is -2.45. The van der Waals surface area contributed by atoms with E-state index in [1.54, 1.807) is 18.3 Å². The number of piperidine rings is 1. The lowest BCUT2D eigenvalue weighted by atomic mass is 10.0. The van der Waals surface area contributed by atoms with E-state index >= 15 is 0 Å². The van der Waals surface area contributed by atoms with Crippen LogP contribution in [0.2, 0.25) is 0 Å². The number of likely N-dealkylation sites (tertiary alicyclic amines) is 1. The van der Waals surface area contributed by atoms with Gasteiger partial charge < -0.3 is 10.6 Å². The molecule has 3 heterocycles. The molecular weight excluding hydrogens is 300 g/mol. The molecule has 22 heavy (non-hydrogen) atoms. The van der Waals surface area contributed by atoms with Gasteiger partial charge in [0, 0.05) is 18.9 Å². The molecule has 0 saturated carbocycles. The van der Waals surface area contributed by atoms with Crippen LogP contribution in [0.15, 0.2) is 30.6 Å². The molecule has 2 amide bonds. The van der Waals surface area contributed by atoms with Gasteiger partial charge in [-0.2, -0.15) is 5.10 Å². The van der Waals surface area contributed by atoms with Crippen molar-refractivity contribution in [2.75, 3.05) is 6.54 Å². The fraction of sp³-hybridized carbons (Fsp3) is 0.400. The van der Waals surface area contributed by atoms with Gasteiger partial charge in [0.05, 0.1) is 22.3 Å². The van der Waals surface area contributed by atoms with E-state index in [0.717, 1.165) is 37.1 Å². The fourth-order valence-electron chi connectivity index (χ4n) is 2.81. The molecule has 1 fully saturated rings. The average molecular weight is 318 g/mol. The molecule has 1 atom stereocenters. The third kappa shape index (κ3) is 3.04. The molecule has 2 aromatic rings. The Morgan fingerprint density at radius 1 is 1.32 bits per heavy atom. The summed E-state index contributed by atoms with van der Waals surface area (Å²) in [4.78, 5) is 26.8. The zero-order chi connectivity index (χ0) is 15.5. The Morgan fingerprint density at radius 2 is 2.14 bits per heavy atom. The standard InChI is InChI=1S/C15H18N4O2S/c16-14(20)12-5-6-13(22-12)15(21)19-9-2-1-4-11(19)10-18-8-3-7-17-18/h3,5-8,11H,1-2,4,9-10H2,(H2,16,20). The van der Waals surface area contributed by atoms with Crippen molar-refractivity contribution >= 4 is 23.2 Å². The molecule has 1 aliphatic rings. The number of nitrogens with zero attached hydrogens (tertiary/aromatic N) is 3. The van der Waals surface area contributed by atoms with Crippen molar-refractivity contribution in [1.82, 2.24) is 14.7 Å². The van der Waals surface area contributed by atoms with Crippen molar-refractivity contribution in [2.45, 2.75) is 31.8 Å². The number of carbonyl (C=O) groups is 2.